The monoisotopic (exact) mass is 128 g/mol. The van der Waals surface area contributed by atoms with Crippen molar-refractivity contribution in [2.75, 3.05) is 7.11 Å². The molecule has 0 aromatic rings. The van der Waals surface area contributed by atoms with E-state index in [4.69, 9.17) is 0 Å². The van der Waals surface area contributed by atoms with Crippen molar-refractivity contribution in [2.45, 2.75) is 19.8 Å². The van der Waals surface area contributed by atoms with Crippen molar-refractivity contribution in [3.05, 3.63) is 12.2 Å². The molecule has 2 nitrogen and oxygen atoms in total. The molecule has 0 aromatic carbocycles. The Balaban J connectivity index is 3.32. The number of unbranched alkanes of at least 4 members (excludes halogenated alkanes) is 1. The lowest BCUT2D eigenvalue weighted by atomic mass is 10.3. The molecular formula is C7H12O2. The zero-order chi connectivity index (χ0) is 7.11. The summed E-state index contributed by atoms with van der Waals surface area (Å²) in [5.41, 5.74) is 0. The summed E-state index contributed by atoms with van der Waals surface area (Å²) in [5.74, 6) is -0.275. The molecule has 0 amide bonds. The maximum atomic E-state index is 10.4. The predicted molar refractivity (Wildman–Crippen MR) is 36.1 cm³/mol. The van der Waals surface area contributed by atoms with Crippen molar-refractivity contribution in [1.82, 2.24) is 0 Å². The Morgan fingerprint density at radius 2 is 2.33 bits per heavy atom. The third-order valence-electron chi connectivity index (χ3n) is 0.910. The highest BCUT2D eigenvalue weighted by atomic mass is 16.5. The van der Waals surface area contributed by atoms with E-state index in [1.54, 1.807) is 0 Å². The molecule has 0 radical (unpaired) electrons. The van der Waals surface area contributed by atoms with Crippen LogP contribution < -0.4 is 0 Å². The Kier molecular flexibility index (Phi) is 4.88. The molecule has 52 valence electrons. The smallest absolute Gasteiger partial charge is 0.330 e. The summed E-state index contributed by atoms with van der Waals surface area (Å²) in [5, 5.41) is 0. The van der Waals surface area contributed by atoms with Crippen LogP contribution in [0.4, 0.5) is 0 Å². The first-order chi connectivity index (χ1) is 4.31. The van der Waals surface area contributed by atoms with Crippen molar-refractivity contribution in [3.8, 4) is 0 Å². The van der Waals surface area contributed by atoms with Crippen LogP contribution in [0.15, 0.2) is 12.2 Å². The largest absolute Gasteiger partial charge is 0.466 e. The number of esters is 1. The van der Waals surface area contributed by atoms with Crippen LogP contribution in [0.3, 0.4) is 0 Å². The third-order valence-corrected chi connectivity index (χ3v) is 0.910. The minimum atomic E-state index is -0.275. The SMILES string of the molecule is CCC/C=C\C(=O)OC. The van der Waals surface area contributed by atoms with E-state index >= 15 is 0 Å². The maximum Gasteiger partial charge on any atom is 0.330 e. The summed E-state index contributed by atoms with van der Waals surface area (Å²) in [7, 11) is 1.37. The average Bonchev–Trinajstić information content (AvgIpc) is 1.89. The molecule has 0 unspecified atom stereocenters. The molecule has 0 rings (SSSR count). The maximum absolute atomic E-state index is 10.4. The van der Waals surface area contributed by atoms with Gasteiger partial charge in [-0.05, 0) is 6.42 Å². The highest BCUT2D eigenvalue weighted by molar-refractivity contribution is 5.81. The van der Waals surface area contributed by atoms with E-state index < -0.39 is 0 Å². The molecule has 2 heteroatoms. The van der Waals surface area contributed by atoms with Crippen LogP contribution in [0, 0.1) is 0 Å². The molecule has 0 aliphatic rings. The summed E-state index contributed by atoms with van der Waals surface area (Å²) in [4.78, 5) is 10.4. The summed E-state index contributed by atoms with van der Waals surface area (Å²) >= 11 is 0. The summed E-state index contributed by atoms with van der Waals surface area (Å²) in [6.07, 6.45) is 5.26. The molecule has 0 saturated carbocycles. The van der Waals surface area contributed by atoms with Crippen LogP contribution in [-0.4, -0.2) is 13.1 Å². The quantitative estimate of drug-likeness (QED) is 0.425. The third kappa shape index (κ3) is 5.07. The number of rotatable bonds is 3. The van der Waals surface area contributed by atoms with Crippen molar-refractivity contribution < 1.29 is 9.53 Å². The molecule has 0 N–H and O–H groups in total. The molecule has 0 saturated heterocycles. The molecule has 0 aliphatic heterocycles. The van der Waals surface area contributed by atoms with E-state index in [-0.39, 0.29) is 5.97 Å². The number of methoxy groups -OCH3 is 1. The highest BCUT2D eigenvalue weighted by Crippen LogP contribution is 1.88. The lowest BCUT2D eigenvalue weighted by molar-refractivity contribution is -0.134. The Bertz CT molecular complexity index is 105. The summed E-state index contributed by atoms with van der Waals surface area (Å²) in [6.45, 7) is 2.06. The zero-order valence-electron chi connectivity index (χ0n) is 5.89. The van der Waals surface area contributed by atoms with Gasteiger partial charge in [-0.15, -0.1) is 0 Å². The minimum Gasteiger partial charge on any atom is -0.466 e. The zero-order valence-corrected chi connectivity index (χ0v) is 5.89. The molecule has 0 bridgehead atoms. The molecule has 0 spiro atoms. The van der Waals surface area contributed by atoms with Crippen molar-refractivity contribution in [1.29, 1.82) is 0 Å². The molecule has 0 atom stereocenters. The van der Waals surface area contributed by atoms with Gasteiger partial charge in [-0.25, -0.2) is 4.79 Å². The Morgan fingerprint density at radius 3 is 2.78 bits per heavy atom. The van der Waals surface area contributed by atoms with Crippen LogP contribution in [0.5, 0.6) is 0 Å². The number of hydrogen-bond acceptors (Lipinski definition) is 2. The summed E-state index contributed by atoms with van der Waals surface area (Å²) in [6, 6.07) is 0. The van der Waals surface area contributed by atoms with Crippen molar-refractivity contribution in [2.24, 2.45) is 0 Å². The average molecular weight is 128 g/mol. The lowest BCUT2D eigenvalue weighted by Gasteiger charge is -1.87. The van der Waals surface area contributed by atoms with Gasteiger partial charge in [0.25, 0.3) is 0 Å². The second-order valence-electron chi connectivity index (χ2n) is 1.71. The van der Waals surface area contributed by atoms with Crippen LogP contribution >= 0.6 is 0 Å². The number of carbonyl (C=O) groups is 1. The fourth-order valence-electron chi connectivity index (χ4n) is 0.414. The second kappa shape index (κ2) is 5.35. The normalized spacial score (nSPS) is 10.0. The second-order valence-corrected chi connectivity index (χ2v) is 1.71. The Hall–Kier alpha value is -0.790. The topological polar surface area (TPSA) is 26.3 Å². The molecule has 9 heavy (non-hydrogen) atoms. The van der Waals surface area contributed by atoms with E-state index in [9.17, 15) is 4.79 Å². The molecular weight excluding hydrogens is 116 g/mol. The first-order valence-electron chi connectivity index (χ1n) is 3.05. The lowest BCUT2D eigenvalue weighted by Crippen LogP contribution is -1.92. The molecule has 0 aromatic heterocycles. The van der Waals surface area contributed by atoms with Gasteiger partial charge in [0.05, 0.1) is 7.11 Å². The first kappa shape index (κ1) is 8.21. The van der Waals surface area contributed by atoms with Gasteiger partial charge in [0.15, 0.2) is 0 Å². The number of hydrogen-bond donors (Lipinski definition) is 0. The predicted octanol–water partition coefficient (Wildman–Crippen LogP) is 1.52. The number of ether oxygens (including phenoxy) is 1. The van der Waals surface area contributed by atoms with Gasteiger partial charge in [-0.1, -0.05) is 19.4 Å². The number of carbonyl (C=O) groups excluding carboxylic acids is 1. The standard InChI is InChI=1S/C7H12O2/c1-3-4-5-6-7(8)9-2/h5-6H,3-4H2,1-2H3/b6-5-. The fourth-order valence-corrected chi connectivity index (χ4v) is 0.414. The minimum absolute atomic E-state index is 0.275. The van der Waals surface area contributed by atoms with Crippen LogP contribution in [0.1, 0.15) is 19.8 Å². The molecule has 0 heterocycles. The van der Waals surface area contributed by atoms with E-state index in [1.165, 1.54) is 13.2 Å². The van der Waals surface area contributed by atoms with Crippen LogP contribution in [-0.2, 0) is 9.53 Å². The van der Waals surface area contributed by atoms with Gasteiger partial charge < -0.3 is 4.74 Å². The highest BCUT2D eigenvalue weighted by Gasteiger charge is 1.86. The van der Waals surface area contributed by atoms with Gasteiger partial charge in [0, 0.05) is 6.08 Å². The molecule has 0 fully saturated rings. The van der Waals surface area contributed by atoms with Crippen molar-refractivity contribution >= 4 is 5.97 Å². The molecule has 0 aliphatic carbocycles. The van der Waals surface area contributed by atoms with Crippen LogP contribution in [0.2, 0.25) is 0 Å². The van der Waals surface area contributed by atoms with E-state index in [1.807, 2.05) is 6.08 Å². The van der Waals surface area contributed by atoms with Gasteiger partial charge in [0.2, 0.25) is 0 Å². The number of allylic oxidation sites excluding steroid dienone is 1. The first-order valence-corrected chi connectivity index (χ1v) is 3.05. The van der Waals surface area contributed by atoms with Gasteiger partial charge >= 0.3 is 5.97 Å². The van der Waals surface area contributed by atoms with Gasteiger partial charge in [0.1, 0.15) is 0 Å². The van der Waals surface area contributed by atoms with E-state index in [2.05, 4.69) is 11.7 Å². The Labute approximate surface area is 55.5 Å². The van der Waals surface area contributed by atoms with Gasteiger partial charge in [-0.3, -0.25) is 0 Å². The van der Waals surface area contributed by atoms with E-state index in [0.717, 1.165) is 12.8 Å². The van der Waals surface area contributed by atoms with Crippen LogP contribution in [0.25, 0.3) is 0 Å². The van der Waals surface area contributed by atoms with E-state index in [0.29, 0.717) is 0 Å². The van der Waals surface area contributed by atoms with Crippen molar-refractivity contribution in [3.63, 3.8) is 0 Å². The Morgan fingerprint density at radius 1 is 1.67 bits per heavy atom. The summed E-state index contributed by atoms with van der Waals surface area (Å²) < 4.78 is 4.37. The van der Waals surface area contributed by atoms with Gasteiger partial charge in [-0.2, -0.15) is 0 Å². The fraction of sp³-hybridized carbons (Fsp3) is 0.571.